The molecule has 168 valence electrons. The molecule has 1 atom stereocenters. The molecule has 2 aliphatic rings. The molecule has 4 aromatic rings. The number of amides is 1. The van der Waals surface area contributed by atoms with E-state index >= 15 is 0 Å². The Morgan fingerprint density at radius 3 is 2.65 bits per heavy atom. The number of ketones is 1. The second-order valence-electron chi connectivity index (χ2n) is 8.43. The van der Waals surface area contributed by atoms with E-state index in [-0.39, 0.29) is 17.3 Å². The highest BCUT2D eigenvalue weighted by Crippen LogP contribution is 2.42. The summed E-state index contributed by atoms with van der Waals surface area (Å²) in [6, 6.07) is 21.1. The Balaban J connectivity index is 1.53. The Labute approximate surface area is 195 Å². The molecule has 0 bridgehead atoms. The summed E-state index contributed by atoms with van der Waals surface area (Å²) >= 11 is 0. The second kappa shape index (κ2) is 7.88. The molecule has 1 aromatic heterocycles. The molecular formula is C27H21N3O4. The van der Waals surface area contributed by atoms with E-state index in [4.69, 9.17) is 4.74 Å². The summed E-state index contributed by atoms with van der Waals surface area (Å²) in [4.78, 5) is 35.7. The van der Waals surface area contributed by atoms with E-state index < -0.39 is 17.7 Å². The summed E-state index contributed by atoms with van der Waals surface area (Å²) in [5.74, 6) is -0.657. The van der Waals surface area contributed by atoms with Gasteiger partial charge in [0.05, 0.1) is 29.3 Å². The number of fused-ring (bicyclic) bond motifs is 2. The van der Waals surface area contributed by atoms with Crippen molar-refractivity contribution in [3.8, 4) is 5.75 Å². The number of aliphatic hydroxyl groups is 1. The summed E-state index contributed by atoms with van der Waals surface area (Å²) in [5, 5.41) is 11.4. The first-order chi connectivity index (χ1) is 16.6. The Bertz CT molecular complexity index is 1440. The SMILES string of the molecule is O=C1C(=O)N(c2nc3ccccc3[nH]2)C(c2ccccc2)/C1=C(\O)c1ccc2c(c1)CCCO2. The van der Waals surface area contributed by atoms with Crippen LogP contribution in [0.3, 0.4) is 0 Å². The molecule has 1 fully saturated rings. The van der Waals surface area contributed by atoms with Crippen LogP contribution in [0.15, 0.2) is 78.4 Å². The number of ether oxygens (including phenoxy) is 1. The van der Waals surface area contributed by atoms with Crippen LogP contribution in [0.2, 0.25) is 0 Å². The Kier molecular flexibility index (Phi) is 4.69. The summed E-state index contributed by atoms with van der Waals surface area (Å²) in [7, 11) is 0. The number of carbonyl (C=O) groups is 2. The van der Waals surface area contributed by atoms with Crippen molar-refractivity contribution in [1.29, 1.82) is 0 Å². The van der Waals surface area contributed by atoms with Crippen molar-refractivity contribution in [3.05, 3.63) is 95.1 Å². The monoisotopic (exact) mass is 451 g/mol. The van der Waals surface area contributed by atoms with Crippen molar-refractivity contribution in [2.45, 2.75) is 18.9 Å². The topological polar surface area (TPSA) is 95.5 Å². The molecule has 0 aliphatic carbocycles. The van der Waals surface area contributed by atoms with Crippen LogP contribution in [0.1, 0.15) is 29.2 Å². The van der Waals surface area contributed by atoms with Gasteiger partial charge in [0.15, 0.2) is 0 Å². The number of anilines is 1. The third-order valence-corrected chi connectivity index (χ3v) is 6.35. The van der Waals surface area contributed by atoms with Gasteiger partial charge in [-0.2, -0.15) is 0 Å². The van der Waals surface area contributed by atoms with E-state index in [2.05, 4.69) is 9.97 Å². The average molecular weight is 451 g/mol. The molecular weight excluding hydrogens is 430 g/mol. The van der Waals surface area contributed by atoms with Gasteiger partial charge >= 0.3 is 5.91 Å². The van der Waals surface area contributed by atoms with Gasteiger partial charge < -0.3 is 14.8 Å². The number of aromatic amines is 1. The number of para-hydroxylation sites is 2. The van der Waals surface area contributed by atoms with E-state index in [1.54, 1.807) is 12.1 Å². The first-order valence-corrected chi connectivity index (χ1v) is 11.2. The average Bonchev–Trinajstić information content (AvgIpc) is 3.42. The number of aryl methyl sites for hydroxylation is 1. The molecule has 2 N–H and O–H groups in total. The normalized spacial score (nSPS) is 19.3. The number of Topliss-reactive ketones (excluding diaryl/α,β-unsaturated/α-hetero) is 1. The van der Waals surface area contributed by atoms with Crippen molar-refractivity contribution in [2.75, 3.05) is 11.5 Å². The largest absolute Gasteiger partial charge is 0.507 e. The van der Waals surface area contributed by atoms with E-state index in [9.17, 15) is 14.7 Å². The highest BCUT2D eigenvalue weighted by Gasteiger charge is 2.48. The van der Waals surface area contributed by atoms with Gasteiger partial charge in [-0.3, -0.25) is 14.5 Å². The summed E-state index contributed by atoms with van der Waals surface area (Å²) in [6.45, 7) is 0.662. The number of nitrogens with one attached hydrogen (secondary N) is 1. The molecule has 0 spiro atoms. The lowest BCUT2D eigenvalue weighted by molar-refractivity contribution is -0.132. The van der Waals surface area contributed by atoms with E-state index in [0.717, 1.165) is 29.7 Å². The minimum atomic E-state index is -0.825. The maximum absolute atomic E-state index is 13.3. The zero-order valence-corrected chi connectivity index (χ0v) is 18.2. The summed E-state index contributed by atoms with van der Waals surface area (Å²) < 4.78 is 5.68. The number of hydrogen-bond acceptors (Lipinski definition) is 5. The predicted molar refractivity (Wildman–Crippen MR) is 128 cm³/mol. The number of imidazole rings is 1. The van der Waals surface area contributed by atoms with Crippen molar-refractivity contribution >= 4 is 34.4 Å². The van der Waals surface area contributed by atoms with Crippen LogP contribution < -0.4 is 9.64 Å². The van der Waals surface area contributed by atoms with Gasteiger partial charge in [0.1, 0.15) is 11.5 Å². The van der Waals surface area contributed by atoms with Gasteiger partial charge in [-0.1, -0.05) is 42.5 Å². The first-order valence-electron chi connectivity index (χ1n) is 11.2. The number of nitrogens with zero attached hydrogens (tertiary/aromatic N) is 2. The molecule has 3 heterocycles. The Hall–Kier alpha value is -4.39. The second-order valence-corrected chi connectivity index (χ2v) is 8.43. The lowest BCUT2D eigenvalue weighted by Crippen LogP contribution is -2.30. The van der Waals surface area contributed by atoms with Gasteiger partial charge in [0.2, 0.25) is 5.95 Å². The number of aliphatic hydroxyl groups excluding tert-OH is 1. The lowest BCUT2D eigenvalue weighted by atomic mass is 9.94. The molecule has 0 radical (unpaired) electrons. The van der Waals surface area contributed by atoms with E-state index in [1.807, 2.05) is 60.7 Å². The summed E-state index contributed by atoms with van der Waals surface area (Å²) in [6.07, 6.45) is 1.71. The quantitative estimate of drug-likeness (QED) is 0.271. The van der Waals surface area contributed by atoms with Crippen LogP contribution in [0, 0.1) is 0 Å². The van der Waals surface area contributed by atoms with Crippen LogP contribution >= 0.6 is 0 Å². The molecule has 1 unspecified atom stereocenters. The fourth-order valence-electron chi connectivity index (χ4n) is 4.72. The van der Waals surface area contributed by atoms with Crippen LogP contribution in [0.25, 0.3) is 16.8 Å². The zero-order chi connectivity index (χ0) is 23.2. The zero-order valence-electron chi connectivity index (χ0n) is 18.2. The minimum Gasteiger partial charge on any atom is -0.507 e. The summed E-state index contributed by atoms with van der Waals surface area (Å²) in [5.41, 5.74) is 3.62. The molecule has 2 aliphatic heterocycles. The molecule has 6 rings (SSSR count). The molecule has 0 saturated carbocycles. The number of benzene rings is 3. The highest BCUT2D eigenvalue weighted by molar-refractivity contribution is 6.51. The van der Waals surface area contributed by atoms with Crippen LogP contribution in [-0.2, 0) is 16.0 Å². The fraction of sp³-hybridized carbons (Fsp3) is 0.148. The van der Waals surface area contributed by atoms with Crippen molar-refractivity contribution in [1.82, 2.24) is 9.97 Å². The fourth-order valence-corrected chi connectivity index (χ4v) is 4.72. The van der Waals surface area contributed by atoms with Gasteiger partial charge in [-0.25, -0.2) is 4.98 Å². The third-order valence-electron chi connectivity index (χ3n) is 6.35. The molecule has 7 nitrogen and oxygen atoms in total. The molecule has 1 saturated heterocycles. The highest BCUT2D eigenvalue weighted by atomic mass is 16.5. The predicted octanol–water partition coefficient (Wildman–Crippen LogP) is 4.51. The standard InChI is InChI=1S/C27H21N3O4/c31-24(18-12-13-21-17(15-18)9-6-14-34-21)22-23(16-7-2-1-3-8-16)30(26(33)25(22)32)27-28-19-10-4-5-11-20(19)29-27/h1-5,7-8,10-13,15,23,31H,6,9,14H2,(H,28,29)/b24-22+. The first kappa shape index (κ1) is 20.2. The van der Waals surface area contributed by atoms with Crippen LogP contribution in [0.4, 0.5) is 5.95 Å². The number of carbonyl (C=O) groups excluding carboxylic acids is 2. The van der Waals surface area contributed by atoms with E-state index in [0.29, 0.717) is 23.3 Å². The molecule has 7 heteroatoms. The third kappa shape index (κ3) is 3.16. The maximum atomic E-state index is 13.3. The number of hydrogen-bond donors (Lipinski definition) is 2. The Morgan fingerprint density at radius 2 is 1.82 bits per heavy atom. The number of aromatic nitrogens is 2. The van der Waals surface area contributed by atoms with Gasteiger partial charge in [-0.05, 0) is 54.3 Å². The number of rotatable bonds is 3. The van der Waals surface area contributed by atoms with E-state index in [1.165, 1.54) is 4.90 Å². The van der Waals surface area contributed by atoms with Crippen molar-refractivity contribution < 1.29 is 19.4 Å². The maximum Gasteiger partial charge on any atom is 0.302 e. The van der Waals surface area contributed by atoms with Crippen LogP contribution in [0.5, 0.6) is 5.75 Å². The van der Waals surface area contributed by atoms with Crippen molar-refractivity contribution in [3.63, 3.8) is 0 Å². The Morgan fingerprint density at radius 1 is 1.03 bits per heavy atom. The van der Waals surface area contributed by atoms with Gasteiger partial charge in [0, 0.05) is 5.56 Å². The van der Waals surface area contributed by atoms with Gasteiger partial charge in [-0.15, -0.1) is 0 Å². The minimum absolute atomic E-state index is 0.0355. The van der Waals surface area contributed by atoms with Gasteiger partial charge in [0.25, 0.3) is 5.78 Å². The number of H-pyrrole nitrogens is 1. The molecule has 1 amide bonds. The van der Waals surface area contributed by atoms with Crippen molar-refractivity contribution in [2.24, 2.45) is 0 Å². The molecule has 3 aromatic carbocycles. The lowest BCUT2D eigenvalue weighted by Gasteiger charge is -2.23. The molecule has 34 heavy (non-hydrogen) atoms. The smallest absolute Gasteiger partial charge is 0.302 e. The van der Waals surface area contributed by atoms with Crippen LogP contribution in [-0.4, -0.2) is 33.4 Å².